The minimum atomic E-state index is 0.187. The van der Waals surface area contributed by atoms with Gasteiger partial charge < -0.3 is 15.5 Å². The number of nitrogens with one attached hydrogen (secondary N) is 2. The van der Waals surface area contributed by atoms with E-state index in [-0.39, 0.29) is 17.2 Å². The van der Waals surface area contributed by atoms with Gasteiger partial charge >= 0.3 is 0 Å². The van der Waals surface area contributed by atoms with Gasteiger partial charge in [0.15, 0.2) is 0 Å². The van der Waals surface area contributed by atoms with Gasteiger partial charge in [-0.3, -0.25) is 9.59 Å². The summed E-state index contributed by atoms with van der Waals surface area (Å²) in [5, 5.41) is 6.70. The van der Waals surface area contributed by atoms with E-state index in [0.717, 1.165) is 51.9 Å². The number of amides is 2. The van der Waals surface area contributed by atoms with Crippen LogP contribution in [-0.2, 0) is 9.59 Å². The van der Waals surface area contributed by atoms with Crippen LogP contribution in [0.2, 0.25) is 0 Å². The van der Waals surface area contributed by atoms with Crippen molar-refractivity contribution in [3.05, 3.63) is 0 Å². The summed E-state index contributed by atoms with van der Waals surface area (Å²) >= 11 is 0. The van der Waals surface area contributed by atoms with Crippen LogP contribution in [0.5, 0.6) is 0 Å². The van der Waals surface area contributed by atoms with E-state index in [1.807, 2.05) is 0 Å². The smallest absolute Gasteiger partial charge is 0.227 e. The average Bonchev–Trinajstić information content (AvgIpc) is 3.39. The third-order valence-electron chi connectivity index (χ3n) is 7.58. The molecule has 1 atom stereocenters. The fourth-order valence-corrected chi connectivity index (χ4v) is 5.96. The van der Waals surface area contributed by atoms with Gasteiger partial charge in [0.1, 0.15) is 0 Å². The third-order valence-corrected chi connectivity index (χ3v) is 7.58. The zero-order valence-electron chi connectivity index (χ0n) is 16.1. The molecule has 4 rings (SSSR count). The number of hydrogen-bond acceptors (Lipinski definition) is 3. The van der Waals surface area contributed by atoms with Gasteiger partial charge in [-0.25, -0.2) is 0 Å². The Balaban J connectivity index is 1.24. The molecule has 0 aromatic rings. The quantitative estimate of drug-likeness (QED) is 0.809. The highest BCUT2D eigenvalue weighted by Crippen LogP contribution is 2.47. The Morgan fingerprint density at radius 1 is 1.00 bits per heavy atom. The average molecular weight is 362 g/mol. The number of carbonyl (C=O) groups excluding carboxylic acids is 2. The maximum Gasteiger partial charge on any atom is 0.227 e. The van der Waals surface area contributed by atoms with Gasteiger partial charge in [-0.15, -0.1) is 0 Å². The summed E-state index contributed by atoms with van der Waals surface area (Å²) < 4.78 is 0. The van der Waals surface area contributed by atoms with Crippen molar-refractivity contribution in [2.75, 3.05) is 26.2 Å². The van der Waals surface area contributed by atoms with Crippen LogP contribution in [0.3, 0.4) is 0 Å². The van der Waals surface area contributed by atoms with Gasteiger partial charge in [-0.05, 0) is 49.9 Å². The molecule has 2 N–H and O–H groups in total. The van der Waals surface area contributed by atoms with E-state index >= 15 is 0 Å². The Morgan fingerprint density at radius 2 is 1.69 bits per heavy atom. The number of piperidine rings is 1. The number of hydrogen-bond donors (Lipinski definition) is 2. The van der Waals surface area contributed by atoms with Crippen molar-refractivity contribution >= 4 is 11.8 Å². The van der Waals surface area contributed by atoms with Crippen LogP contribution in [-0.4, -0.2) is 48.9 Å². The Labute approximate surface area is 157 Å². The first-order valence-corrected chi connectivity index (χ1v) is 11.0. The zero-order valence-corrected chi connectivity index (χ0v) is 16.1. The fourth-order valence-electron chi connectivity index (χ4n) is 5.96. The van der Waals surface area contributed by atoms with Gasteiger partial charge in [0, 0.05) is 38.6 Å². The molecule has 0 radical (unpaired) electrons. The van der Waals surface area contributed by atoms with Crippen molar-refractivity contribution in [3.63, 3.8) is 0 Å². The standard InChI is InChI=1S/C21H35N3O2/c25-19(23-17-5-1-2-6-17)13-16-7-11-24(12-8-16)20(26)18-14-22-15-21(18)9-3-4-10-21/h16-18,22H,1-15H2,(H,23,25). The van der Waals surface area contributed by atoms with Crippen molar-refractivity contribution in [1.82, 2.24) is 15.5 Å². The highest BCUT2D eigenvalue weighted by atomic mass is 16.2. The van der Waals surface area contributed by atoms with Crippen LogP contribution in [0.25, 0.3) is 0 Å². The molecule has 146 valence electrons. The molecule has 2 amide bonds. The van der Waals surface area contributed by atoms with E-state index in [1.54, 1.807) is 0 Å². The Morgan fingerprint density at radius 3 is 2.38 bits per heavy atom. The fraction of sp³-hybridized carbons (Fsp3) is 0.905. The molecule has 2 aliphatic carbocycles. The molecule has 4 fully saturated rings. The summed E-state index contributed by atoms with van der Waals surface area (Å²) in [6.45, 7) is 3.57. The minimum absolute atomic E-state index is 0.187. The van der Waals surface area contributed by atoms with E-state index in [2.05, 4.69) is 15.5 Å². The second kappa shape index (κ2) is 7.87. The lowest BCUT2D eigenvalue weighted by molar-refractivity contribution is -0.139. The summed E-state index contributed by atoms with van der Waals surface area (Å²) in [6, 6.07) is 0.418. The summed E-state index contributed by atoms with van der Waals surface area (Å²) in [5.41, 5.74) is 0.245. The molecule has 5 heteroatoms. The third kappa shape index (κ3) is 3.78. The van der Waals surface area contributed by atoms with E-state index in [1.165, 1.54) is 38.5 Å². The highest BCUT2D eigenvalue weighted by molar-refractivity contribution is 5.81. The predicted molar refractivity (Wildman–Crippen MR) is 102 cm³/mol. The van der Waals surface area contributed by atoms with Crippen LogP contribution in [0.15, 0.2) is 0 Å². The molecule has 2 saturated carbocycles. The van der Waals surface area contributed by atoms with E-state index < -0.39 is 0 Å². The number of rotatable bonds is 4. The first kappa shape index (κ1) is 18.3. The lowest BCUT2D eigenvalue weighted by Gasteiger charge is -2.37. The van der Waals surface area contributed by atoms with Crippen molar-refractivity contribution in [2.24, 2.45) is 17.3 Å². The largest absolute Gasteiger partial charge is 0.353 e. The van der Waals surface area contributed by atoms with Crippen LogP contribution < -0.4 is 10.6 Å². The van der Waals surface area contributed by atoms with E-state index in [0.29, 0.717) is 24.3 Å². The van der Waals surface area contributed by atoms with Crippen molar-refractivity contribution in [3.8, 4) is 0 Å². The van der Waals surface area contributed by atoms with E-state index in [4.69, 9.17) is 0 Å². The molecular weight excluding hydrogens is 326 g/mol. The van der Waals surface area contributed by atoms with Gasteiger partial charge in [0.25, 0.3) is 0 Å². The molecule has 1 spiro atoms. The highest BCUT2D eigenvalue weighted by Gasteiger charge is 2.49. The van der Waals surface area contributed by atoms with Crippen molar-refractivity contribution in [2.45, 2.75) is 76.7 Å². The molecule has 2 aliphatic heterocycles. The first-order valence-electron chi connectivity index (χ1n) is 11.0. The predicted octanol–water partition coefficient (Wildman–Crippen LogP) is 2.45. The molecule has 2 heterocycles. The van der Waals surface area contributed by atoms with Crippen molar-refractivity contribution < 1.29 is 9.59 Å². The molecule has 5 nitrogen and oxygen atoms in total. The molecule has 2 saturated heterocycles. The van der Waals surface area contributed by atoms with Crippen LogP contribution in [0, 0.1) is 17.3 Å². The Bertz CT molecular complexity index is 510. The molecular formula is C21H35N3O2. The summed E-state index contributed by atoms with van der Waals surface area (Å²) in [4.78, 5) is 27.5. The molecule has 0 aromatic carbocycles. The maximum absolute atomic E-state index is 13.1. The molecule has 1 unspecified atom stereocenters. The van der Waals surface area contributed by atoms with Gasteiger partial charge in [0.05, 0.1) is 5.92 Å². The number of likely N-dealkylation sites (tertiary alicyclic amines) is 1. The van der Waals surface area contributed by atoms with Gasteiger partial charge in [-0.2, -0.15) is 0 Å². The second-order valence-electron chi connectivity index (χ2n) is 9.27. The molecule has 0 aromatic heterocycles. The molecule has 0 bridgehead atoms. The maximum atomic E-state index is 13.1. The number of carbonyl (C=O) groups is 2. The minimum Gasteiger partial charge on any atom is -0.353 e. The lowest BCUT2D eigenvalue weighted by atomic mass is 9.75. The Kier molecular flexibility index (Phi) is 5.53. The summed E-state index contributed by atoms with van der Waals surface area (Å²) in [5.74, 6) is 1.24. The topological polar surface area (TPSA) is 61.4 Å². The second-order valence-corrected chi connectivity index (χ2v) is 9.27. The van der Waals surface area contributed by atoms with Gasteiger partial charge in [-0.1, -0.05) is 25.7 Å². The molecule has 4 aliphatic rings. The Hall–Kier alpha value is -1.10. The van der Waals surface area contributed by atoms with Crippen LogP contribution in [0.1, 0.15) is 70.6 Å². The zero-order chi connectivity index (χ0) is 18.0. The SMILES string of the molecule is O=C(CC1CCN(C(=O)C2CNCC23CCCC3)CC1)NC1CCCC1. The van der Waals surface area contributed by atoms with Crippen LogP contribution >= 0.6 is 0 Å². The summed E-state index contributed by atoms with van der Waals surface area (Å²) in [7, 11) is 0. The summed E-state index contributed by atoms with van der Waals surface area (Å²) in [6.07, 6.45) is 12.4. The number of nitrogens with zero attached hydrogens (tertiary/aromatic N) is 1. The molecule has 26 heavy (non-hydrogen) atoms. The first-order chi connectivity index (χ1) is 12.7. The monoisotopic (exact) mass is 361 g/mol. The van der Waals surface area contributed by atoms with Crippen LogP contribution in [0.4, 0.5) is 0 Å². The lowest BCUT2D eigenvalue weighted by Crippen LogP contribution is -2.46. The van der Waals surface area contributed by atoms with E-state index in [9.17, 15) is 9.59 Å². The normalized spacial score (nSPS) is 29.5. The van der Waals surface area contributed by atoms with Crippen molar-refractivity contribution in [1.29, 1.82) is 0 Å². The van der Waals surface area contributed by atoms with Gasteiger partial charge in [0.2, 0.25) is 11.8 Å².